The standard InChI is InChI=1S/C15H12BrN3OS/c16-13-6-2-1-5-12(13)15(20)18-14-7-8-17-19(14)10-11-4-3-9-21-11/h1-9H,10H2,(H,18,20). The van der Waals surface area contributed by atoms with Crippen LogP contribution >= 0.6 is 27.3 Å². The third-order valence-electron chi connectivity index (χ3n) is 2.96. The lowest BCUT2D eigenvalue weighted by Gasteiger charge is -2.09. The van der Waals surface area contributed by atoms with E-state index in [9.17, 15) is 4.79 Å². The second-order valence-electron chi connectivity index (χ2n) is 4.39. The first-order valence-electron chi connectivity index (χ1n) is 6.34. The number of nitrogens with zero attached hydrogens (tertiary/aromatic N) is 2. The number of hydrogen-bond acceptors (Lipinski definition) is 3. The van der Waals surface area contributed by atoms with Crippen LogP contribution in [-0.2, 0) is 6.54 Å². The first kappa shape index (κ1) is 14.0. The Morgan fingerprint density at radius 1 is 1.24 bits per heavy atom. The molecule has 0 bridgehead atoms. The van der Waals surface area contributed by atoms with E-state index in [2.05, 4.69) is 26.3 Å². The third kappa shape index (κ3) is 3.22. The van der Waals surface area contributed by atoms with Gasteiger partial charge in [0.2, 0.25) is 0 Å². The molecule has 106 valence electrons. The van der Waals surface area contributed by atoms with Crippen molar-refractivity contribution in [2.45, 2.75) is 6.54 Å². The smallest absolute Gasteiger partial charge is 0.257 e. The lowest BCUT2D eigenvalue weighted by atomic mass is 10.2. The summed E-state index contributed by atoms with van der Waals surface area (Å²) in [7, 11) is 0. The Bertz CT molecular complexity index is 752. The van der Waals surface area contributed by atoms with Crippen molar-refractivity contribution in [2.24, 2.45) is 0 Å². The van der Waals surface area contributed by atoms with Crippen LogP contribution in [0.1, 0.15) is 15.2 Å². The van der Waals surface area contributed by atoms with Gasteiger partial charge in [-0.05, 0) is 39.5 Å². The van der Waals surface area contributed by atoms with E-state index in [1.165, 1.54) is 4.88 Å². The van der Waals surface area contributed by atoms with E-state index in [0.29, 0.717) is 17.9 Å². The van der Waals surface area contributed by atoms with Gasteiger partial charge in [0.15, 0.2) is 0 Å². The molecule has 6 heteroatoms. The van der Waals surface area contributed by atoms with Crippen LogP contribution < -0.4 is 5.32 Å². The fraction of sp³-hybridized carbons (Fsp3) is 0.0667. The minimum atomic E-state index is -0.157. The average molecular weight is 362 g/mol. The zero-order valence-corrected chi connectivity index (χ0v) is 13.4. The molecular formula is C15H12BrN3OS. The van der Waals surface area contributed by atoms with E-state index in [1.54, 1.807) is 34.3 Å². The summed E-state index contributed by atoms with van der Waals surface area (Å²) < 4.78 is 2.55. The summed E-state index contributed by atoms with van der Waals surface area (Å²) in [5.41, 5.74) is 0.598. The van der Waals surface area contributed by atoms with Crippen molar-refractivity contribution < 1.29 is 4.79 Å². The minimum Gasteiger partial charge on any atom is -0.307 e. The van der Waals surface area contributed by atoms with Gasteiger partial charge in [-0.15, -0.1) is 11.3 Å². The fourth-order valence-electron chi connectivity index (χ4n) is 1.94. The van der Waals surface area contributed by atoms with Crippen LogP contribution in [0.4, 0.5) is 5.82 Å². The van der Waals surface area contributed by atoms with Gasteiger partial charge in [-0.2, -0.15) is 5.10 Å². The van der Waals surface area contributed by atoms with Gasteiger partial charge < -0.3 is 5.32 Å². The SMILES string of the molecule is O=C(Nc1ccnn1Cc1cccs1)c1ccccc1Br. The van der Waals surface area contributed by atoms with Crippen LogP contribution in [0.3, 0.4) is 0 Å². The van der Waals surface area contributed by atoms with Crippen LogP contribution in [0.2, 0.25) is 0 Å². The number of hydrogen-bond donors (Lipinski definition) is 1. The van der Waals surface area contributed by atoms with Gasteiger partial charge in [-0.1, -0.05) is 18.2 Å². The van der Waals surface area contributed by atoms with Gasteiger partial charge >= 0.3 is 0 Å². The monoisotopic (exact) mass is 361 g/mol. The van der Waals surface area contributed by atoms with Crippen molar-refractivity contribution in [2.75, 3.05) is 5.32 Å². The van der Waals surface area contributed by atoms with E-state index in [0.717, 1.165) is 4.47 Å². The van der Waals surface area contributed by atoms with Crippen LogP contribution in [0.5, 0.6) is 0 Å². The molecule has 21 heavy (non-hydrogen) atoms. The molecule has 0 saturated carbocycles. The number of benzene rings is 1. The molecule has 0 atom stereocenters. The number of anilines is 1. The molecule has 0 aliphatic heterocycles. The number of aromatic nitrogens is 2. The normalized spacial score (nSPS) is 10.5. The van der Waals surface area contributed by atoms with E-state index >= 15 is 0 Å². The Kier molecular flexibility index (Phi) is 4.17. The molecule has 0 aliphatic rings. The Labute approximate surface area is 134 Å². The highest BCUT2D eigenvalue weighted by molar-refractivity contribution is 9.10. The summed E-state index contributed by atoms with van der Waals surface area (Å²) in [6, 6.07) is 13.2. The predicted molar refractivity (Wildman–Crippen MR) is 87.7 cm³/mol. The van der Waals surface area contributed by atoms with Crippen LogP contribution in [-0.4, -0.2) is 15.7 Å². The molecule has 1 aromatic carbocycles. The number of carbonyl (C=O) groups is 1. The molecule has 1 N–H and O–H groups in total. The molecule has 4 nitrogen and oxygen atoms in total. The third-order valence-corrected chi connectivity index (χ3v) is 4.51. The maximum atomic E-state index is 12.3. The molecule has 0 fully saturated rings. The van der Waals surface area contributed by atoms with Gasteiger partial charge in [-0.25, -0.2) is 4.68 Å². The van der Waals surface area contributed by atoms with Crippen molar-refractivity contribution in [1.29, 1.82) is 0 Å². The van der Waals surface area contributed by atoms with Crippen LogP contribution in [0.15, 0.2) is 58.5 Å². The fourth-order valence-corrected chi connectivity index (χ4v) is 3.09. The highest BCUT2D eigenvalue weighted by Crippen LogP contribution is 2.19. The molecule has 1 amide bonds. The van der Waals surface area contributed by atoms with E-state index in [4.69, 9.17) is 0 Å². The molecule has 2 aromatic heterocycles. The van der Waals surface area contributed by atoms with Gasteiger partial charge in [0.25, 0.3) is 5.91 Å². The summed E-state index contributed by atoms with van der Waals surface area (Å²) in [6.07, 6.45) is 1.68. The van der Waals surface area contributed by atoms with E-state index in [1.807, 2.05) is 35.7 Å². The van der Waals surface area contributed by atoms with Crippen molar-refractivity contribution in [3.63, 3.8) is 0 Å². The summed E-state index contributed by atoms with van der Waals surface area (Å²) in [6.45, 7) is 0.649. The largest absolute Gasteiger partial charge is 0.307 e. The van der Waals surface area contributed by atoms with Gasteiger partial charge in [0.1, 0.15) is 5.82 Å². The summed E-state index contributed by atoms with van der Waals surface area (Å²) in [5, 5.41) is 9.18. The molecule has 0 spiro atoms. The minimum absolute atomic E-state index is 0.157. The second-order valence-corrected chi connectivity index (χ2v) is 6.27. The number of halogens is 1. The molecule has 3 aromatic rings. The number of thiophene rings is 1. The number of amides is 1. The van der Waals surface area contributed by atoms with Gasteiger partial charge in [0, 0.05) is 15.4 Å². The van der Waals surface area contributed by atoms with E-state index in [-0.39, 0.29) is 5.91 Å². The quantitative estimate of drug-likeness (QED) is 0.762. The average Bonchev–Trinajstić information content (AvgIpc) is 3.12. The Hall–Kier alpha value is -1.92. The first-order valence-corrected chi connectivity index (χ1v) is 8.01. The summed E-state index contributed by atoms with van der Waals surface area (Å²) in [5.74, 6) is 0.527. The van der Waals surface area contributed by atoms with Crippen molar-refractivity contribution in [1.82, 2.24) is 9.78 Å². The number of rotatable bonds is 4. The summed E-state index contributed by atoms with van der Waals surface area (Å²) >= 11 is 5.05. The molecule has 3 rings (SSSR count). The maximum absolute atomic E-state index is 12.3. The van der Waals surface area contributed by atoms with Gasteiger partial charge in [-0.3, -0.25) is 4.79 Å². The number of nitrogens with one attached hydrogen (secondary N) is 1. The second kappa shape index (κ2) is 6.24. The molecule has 0 unspecified atom stereocenters. The molecule has 0 saturated heterocycles. The molecule has 2 heterocycles. The van der Waals surface area contributed by atoms with Gasteiger partial charge in [0.05, 0.1) is 18.3 Å². The molecule has 0 radical (unpaired) electrons. The highest BCUT2D eigenvalue weighted by Gasteiger charge is 2.12. The predicted octanol–water partition coefficient (Wildman–Crippen LogP) is 4.01. The van der Waals surface area contributed by atoms with Crippen molar-refractivity contribution >= 4 is 39.0 Å². The highest BCUT2D eigenvalue weighted by atomic mass is 79.9. The zero-order valence-electron chi connectivity index (χ0n) is 11.0. The van der Waals surface area contributed by atoms with Crippen molar-refractivity contribution in [3.8, 4) is 0 Å². The number of carbonyl (C=O) groups excluding carboxylic acids is 1. The molecular weight excluding hydrogens is 350 g/mol. The van der Waals surface area contributed by atoms with Crippen LogP contribution in [0, 0.1) is 0 Å². The Morgan fingerprint density at radius 3 is 2.86 bits per heavy atom. The lowest BCUT2D eigenvalue weighted by molar-refractivity contribution is 0.102. The zero-order chi connectivity index (χ0) is 14.7. The Balaban J connectivity index is 1.78. The first-order chi connectivity index (χ1) is 10.2. The topological polar surface area (TPSA) is 46.9 Å². The van der Waals surface area contributed by atoms with Crippen molar-refractivity contribution in [3.05, 3.63) is 69.0 Å². The summed E-state index contributed by atoms with van der Waals surface area (Å²) in [4.78, 5) is 13.5. The Morgan fingerprint density at radius 2 is 2.10 bits per heavy atom. The maximum Gasteiger partial charge on any atom is 0.257 e. The lowest BCUT2D eigenvalue weighted by Crippen LogP contribution is -2.16. The van der Waals surface area contributed by atoms with Crippen LogP contribution in [0.25, 0.3) is 0 Å². The van der Waals surface area contributed by atoms with E-state index < -0.39 is 0 Å². The molecule has 0 aliphatic carbocycles.